The second-order valence-corrected chi connectivity index (χ2v) is 8.65. The summed E-state index contributed by atoms with van der Waals surface area (Å²) in [6.45, 7) is 0.369. The SMILES string of the molecule is COc1ccccc1OCCNC(=O)c1ccc(S(=O)(=O)Nc2cccc(C(F)(F)F)c2)cc1. The van der Waals surface area contributed by atoms with E-state index >= 15 is 0 Å². The van der Waals surface area contributed by atoms with E-state index < -0.39 is 27.7 Å². The summed E-state index contributed by atoms with van der Waals surface area (Å²) >= 11 is 0. The first-order chi connectivity index (χ1) is 16.1. The number of methoxy groups -OCH3 is 1. The van der Waals surface area contributed by atoms with Crippen molar-refractivity contribution in [3.8, 4) is 11.5 Å². The summed E-state index contributed by atoms with van der Waals surface area (Å²) < 4.78 is 76.4. The van der Waals surface area contributed by atoms with Crippen LogP contribution in [0.25, 0.3) is 0 Å². The Morgan fingerprint density at radius 2 is 1.62 bits per heavy atom. The molecule has 0 bridgehead atoms. The van der Waals surface area contributed by atoms with Gasteiger partial charge < -0.3 is 14.8 Å². The maximum atomic E-state index is 12.8. The van der Waals surface area contributed by atoms with Crippen molar-refractivity contribution in [3.63, 3.8) is 0 Å². The molecule has 0 radical (unpaired) electrons. The lowest BCUT2D eigenvalue weighted by atomic mass is 10.2. The average molecular weight is 494 g/mol. The molecule has 7 nitrogen and oxygen atoms in total. The number of anilines is 1. The zero-order chi connectivity index (χ0) is 24.8. The standard InChI is InChI=1S/C23H21F3N2O5S/c1-32-20-7-2-3-8-21(20)33-14-13-27-22(29)16-9-11-19(12-10-16)34(30,31)28-18-6-4-5-17(15-18)23(24,25)26/h2-12,15,28H,13-14H2,1H3,(H,27,29). The van der Waals surface area contributed by atoms with Crippen LogP contribution in [-0.4, -0.2) is 34.6 Å². The fourth-order valence-corrected chi connectivity index (χ4v) is 3.97. The average Bonchev–Trinajstić information content (AvgIpc) is 2.81. The van der Waals surface area contributed by atoms with Gasteiger partial charge >= 0.3 is 6.18 Å². The van der Waals surface area contributed by atoms with Gasteiger partial charge in [-0.1, -0.05) is 18.2 Å². The van der Waals surface area contributed by atoms with Gasteiger partial charge in [0.25, 0.3) is 15.9 Å². The molecular formula is C23H21F3N2O5S. The van der Waals surface area contributed by atoms with Gasteiger partial charge in [-0.15, -0.1) is 0 Å². The number of rotatable bonds is 9. The molecular weight excluding hydrogens is 473 g/mol. The van der Waals surface area contributed by atoms with Gasteiger partial charge in [0.1, 0.15) is 6.61 Å². The van der Waals surface area contributed by atoms with E-state index in [1.54, 1.807) is 24.3 Å². The minimum Gasteiger partial charge on any atom is -0.493 e. The molecule has 180 valence electrons. The van der Waals surface area contributed by atoms with Crippen molar-refractivity contribution in [2.75, 3.05) is 25.0 Å². The topological polar surface area (TPSA) is 93.7 Å². The molecule has 3 aromatic carbocycles. The smallest absolute Gasteiger partial charge is 0.416 e. The minimum absolute atomic E-state index is 0.180. The highest BCUT2D eigenvalue weighted by atomic mass is 32.2. The largest absolute Gasteiger partial charge is 0.493 e. The molecule has 34 heavy (non-hydrogen) atoms. The van der Waals surface area contributed by atoms with Crippen LogP contribution in [0, 0.1) is 0 Å². The molecule has 0 unspecified atom stereocenters. The number of halogens is 3. The summed E-state index contributed by atoms with van der Waals surface area (Å²) in [5.74, 6) is 0.643. The fourth-order valence-electron chi connectivity index (χ4n) is 2.92. The molecule has 0 aliphatic heterocycles. The van der Waals surface area contributed by atoms with E-state index in [0.29, 0.717) is 17.6 Å². The van der Waals surface area contributed by atoms with Crippen LogP contribution >= 0.6 is 0 Å². The lowest BCUT2D eigenvalue weighted by molar-refractivity contribution is -0.137. The van der Waals surface area contributed by atoms with Crippen LogP contribution in [0.3, 0.4) is 0 Å². The minimum atomic E-state index is -4.60. The van der Waals surface area contributed by atoms with E-state index in [-0.39, 0.29) is 29.3 Å². The monoisotopic (exact) mass is 494 g/mol. The van der Waals surface area contributed by atoms with Gasteiger partial charge in [-0.05, 0) is 54.6 Å². The number of amides is 1. The lowest BCUT2D eigenvalue weighted by Gasteiger charge is -2.12. The van der Waals surface area contributed by atoms with Crippen molar-refractivity contribution in [2.45, 2.75) is 11.1 Å². The number of carbonyl (C=O) groups is 1. The van der Waals surface area contributed by atoms with Gasteiger partial charge in [0.05, 0.1) is 24.1 Å². The Bertz CT molecular complexity index is 1250. The number of sulfonamides is 1. The fraction of sp³-hybridized carbons (Fsp3) is 0.174. The van der Waals surface area contributed by atoms with Crippen LogP contribution < -0.4 is 19.5 Å². The first kappa shape index (κ1) is 24.9. The first-order valence-electron chi connectivity index (χ1n) is 9.94. The van der Waals surface area contributed by atoms with Crippen LogP contribution in [0.5, 0.6) is 11.5 Å². The third kappa shape index (κ3) is 6.41. The number of alkyl halides is 3. The zero-order valence-corrected chi connectivity index (χ0v) is 18.7. The molecule has 0 heterocycles. The van der Waals surface area contributed by atoms with Crippen LogP contribution in [0.1, 0.15) is 15.9 Å². The highest BCUT2D eigenvalue weighted by Gasteiger charge is 2.30. The quantitative estimate of drug-likeness (QED) is 0.432. The van der Waals surface area contributed by atoms with Crippen LogP contribution in [0.4, 0.5) is 18.9 Å². The van der Waals surface area contributed by atoms with Gasteiger partial charge in [0.15, 0.2) is 11.5 Å². The van der Waals surface area contributed by atoms with Crippen LogP contribution in [0.15, 0.2) is 77.7 Å². The van der Waals surface area contributed by atoms with Gasteiger partial charge in [-0.2, -0.15) is 13.2 Å². The number of nitrogens with one attached hydrogen (secondary N) is 2. The molecule has 0 aliphatic carbocycles. The van der Waals surface area contributed by atoms with Crippen molar-refractivity contribution in [2.24, 2.45) is 0 Å². The third-order valence-corrected chi connectivity index (χ3v) is 5.98. The Morgan fingerprint density at radius 1 is 0.941 bits per heavy atom. The van der Waals surface area contributed by atoms with Gasteiger partial charge in [-0.25, -0.2) is 8.42 Å². The number of benzene rings is 3. The Morgan fingerprint density at radius 3 is 2.26 bits per heavy atom. The normalized spacial score (nSPS) is 11.5. The van der Waals surface area contributed by atoms with Crippen LogP contribution in [0.2, 0.25) is 0 Å². The molecule has 11 heteroatoms. The number of para-hydroxylation sites is 2. The maximum absolute atomic E-state index is 12.8. The van der Waals surface area contributed by atoms with Crippen molar-refractivity contribution in [1.29, 1.82) is 0 Å². The molecule has 0 atom stereocenters. The summed E-state index contributed by atoms with van der Waals surface area (Å²) in [4.78, 5) is 12.1. The predicted octanol–water partition coefficient (Wildman–Crippen LogP) is 4.32. The number of hydrogen-bond donors (Lipinski definition) is 2. The number of hydrogen-bond acceptors (Lipinski definition) is 5. The summed E-state index contributed by atoms with van der Waals surface area (Å²) in [6, 6.07) is 15.9. The first-order valence-corrected chi connectivity index (χ1v) is 11.4. The molecule has 1 amide bonds. The van der Waals surface area contributed by atoms with Crippen molar-refractivity contribution in [1.82, 2.24) is 5.32 Å². The zero-order valence-electron chi connectivity index (χ0n) is 17.9. The Kier molecular flexibility index (Phi) is 7.67. The molecule has 3 aromatic rings. The van der Waals surface area contributed by atoms with Crippen molar-refractivity contribution >= 4 is 21.6 Å². The Labute approximate surface area is 194 Å². The summed E-state index contributed by atoms with van der Waals surface area (Å²) in [5, 5.41) is 2.65. The summed E-state index contributed by atoms with van der Waals surface area (Å²) in [5.41, 5.74) is -1.00. The Hall–Kier alpha value is -3.73. The van der Waals surface area contributed by atoms with E-state index in [1.807, 2.05) is 0 Å². The summed E-state index contributed by atoms with van der Waals surface area (Å²) in [7, 11) is -2.64. The predicted molar refractivity (Wildman–Crippen MR) is 120 cm³/mol. The highest BCUT2D eigenvalue weighted by Crippen LogP contribution is 2.31. The molecule has 0 aromatic heterocycles. The molecule has 0 saturated carbocycles. The van der Waals surface area contributed by atoms with E-state index in [4.69, 9.17) is 9.47 Å². The van der Waals surface area contributed by atoms with E-state index in [1.165, 1.54) is 37.4 Å². The van der Waals surface area contributed by atoms with Gasteiger partial charge in [-0.3, -0.25) is 9.52 Å². The molecule has 0 aliphatic rings. The second kappa shape index (κ2) is 10.5. The molecule has 0 spiro atoms. The van der Waals surface area contributed by atoms with E-state index in [9.17, 15) is 26.4 Å². The maximum Gasteiger partial charge on any atom is 0.416 e. The van der Waals surface area contributed by atoms with E-state index in [2.05, 4.69) is 10.0 Å². The lowest BCUT2D eigenvalue weighted by Crippen LogP contribution is -2.28. The molecule has 0 saturated heterocycles. The van der Waals surface area contributed by atoms with Crippen molar-refractivity contribution < 1.29 is 35.9 Å². The summed E-state index contributed by atoms with van der Waals surface area (Å²) in [6.07, 6.45) is -4.60. The molecule has 0 fully saturated rings. The second-order valence-electron chi connectivity index (χ2n) is 6.96. The highest BCUT2D eigenvalue weighted by molar-refractivity contribution is 7.92. The van der Waals surface area contributed by atoms with E-state index in [0.717, 1.165) is 12.1 Å². The molecule has 2 N–H and O–H groups in total. The van der Waals surface area contributed by atoms with Crippen LogP contribution in [-0.2, 0) is 16.2 Å². The number of ether oxygens (including phenoxy) is 2. The van der Waals surface area contributed by atoms with Crippen molar-refractivity contribution in [3.05, 3.63) is 83.9 Å². The molecule has 3 rings (SSSR count). The Balaban J connectivity index is 1.58. The van der Waals surface area contributed by atoms with Gasteiger partial charge in [0.2, 0.25) is 0 Å². The third-order valence-electron chi connectivity index (χ3n) is 4.58. The van der Waals surface area contributed by atoms with Gasteiger partial charge in [0, 0.05) is 11.3 Å². The number of carbonyl (C=O) groups excluding carboxylic acids is 1.